The molecule has 0 aromatic rings. The number of allylic oxidation sites excluding steroid dienone is 1. The minimum Gasteiger partial charge on any atom is -0.457 e. The average molecular weight is 348 g/mol. The topological polar surface area (TPSA) is 82.2 Å². The van der Waals surface area contributed by atoms with Gasteiger partial charge in [0.05, 0.1) is 5.60 Å². The minimum atomic E-state index is -0.867. The molecule has 4 heterocycles. The lowest BCUT2D eigenvalue weighted by Crippen LogP contribution is -2.33. The van der Waals surface area contributed by atoms with Gasteiger partial charge < -0.3 is 14.2 Å². The molecule has 0 saturated carbocycles. The van der Waals surface area contributed by atoms with Crippen LogP contribution >= 0.6 is 0 Å². The Morgan fingerprint density at radius 2 is 1.96 bits per heavy atom. The molecule has 4 aliphatic heterocycles. The number of carbonyl (C=O) groups is 3. The van der Waals surface area contributed by atoms with Crippen molar-refractivity contribution in [2.24, 2.45) is 5.92 Å². The van der Waals surface area contributed by atoms with Crippen molar-refractivity contribution in [3.8, 4) is 0 Å². The van der Waals surface area contributed by atoms with Crippen molar-refractivity contribution in [3.63, 3.8) is 0 Å². The first-order valence-corrected chi connectivity index (χ1v) is 8.99. The van der Waals surface area contributed by atoms with E-state index in [0.717, 1.165) is 5.57 Å². The van der Waals surface area contributed by atoms with Crippen LogP contribution in [0.15, 0.2) is 12.2 Å². The Morgan fingerprint density at radius 1 is 1.20 bits per heavy atom. The van der Waals surface area contributed by atoms with Gasteiger partial charge in [-0.3, -0.25) is 9.59 Å². The number of ketones is 2. The van der Waals surface area contributed by atoms with Gasteiger partial charge in [0.1, 0.15) is 24.1 Å². The van der Waals surface area contributed by atoms with Crippen molar-refractivity contribution in [3.05, 3.63) is 12.2 Å². The summed E-state index contributed by atoms with van der Waals surface area (Å²) in [6.45, 7) is 7.72. The molecule has 6 nitrogen and oxygen atoms in total. The molecule has 0 aliphatic carbocycles. The van der Waals surface area contributed by atoms with Crippen molar-refractivity contribution in [2.75, 3.05) is 0 Å². The number of hydrogen-bond acceptors (Lipinski definition) is 6. The molecule has 0 aromatic carbocycles. The van der Waals surface area contributed by atoms with Crippen LogP contribution < -0.4 is 0 Å². The molecule has 4 fully saturated rings. The summed E-state index contributed by atoms with van der Waals surface area (Å²) in [6, 6.07) is 0. The first-order valence-electron chi connectivity index (χ1n) is 8.99. The van der Waals surface area contributed by atoms with E-state index in [0.29, 0.717) is 25.7 Å². The molecule has 0 spiro atoms. The first kappa shape index (κ1) is 16.9. The van der Waals surface area contributed by atoms with E-state index >= 15 is 0 Å². The number of Topliss-reactive ketones (excluding diaryl/α,β-unsaturated/α-hetero) is 2. The van der Waals surface area contributed by atoms with E-state index in [-0.39, 0.29) is 48.5 Å². The fourth-order valence-corrected chi connectivity index (χ4v) is 4.59. The Labute approximate surface area is 146 Å². The maximum Gasteiger partial charge on any atom is 0.341 e. The summed E-state index contributed by atoms with van der Waals surface area (Å²) in [5.74, 6) is -0.390. The molecule has 0 amide bonds. The Kier molecular flexibility index (Phi) is 3.71. The molecule has 0 N–H and O–H groups in total. The fraction of sp³-hybridized carbons (Fsp3) is 0.737. The second-order valence-corrected chi connectivity index (χ2v) is 8.30. The van der Waals surface area contributed by atoms with Gasteiger partial charge in [-0.2, -0.15) is 0 Å². The maximum atomic E-state index is 12.5. The van der Waals surface area contributed by atoms with Crippen LogP contribution in [0.3, 0.4) is 0 Å². The van der Waals surface area contributed by atoms with Crippen LogP contribution in [0.5, 0.6) is 0 Å². The largest absolute Gasteiger partial charge is 0.457 e. The quantitative estimate of drug-likeness (QED) is 0.409. The molecule has 4 unspecified atom stereocenters. The van der Waals surface area contributed by atoms with E-state index < -0.39 is 17.3 Å². The highest BCUT2D eigenvalue weighted by Gasteiger charge is 2.73. The van der Waals surface area contributed by atoms with Crippen molar-refractivity contribution >= 4 is 17.5 Å². The lowest BCUT2D eigenvalue weighted by molar-refractivity contribution is -0.158. The zero-order valence-corrected chi connectivity index (χ0v) is 14.7. The van der Waals surface area contributed by atoms with E-state index in [1.807, 2.05) is 13.8 Å². The molecule has 0 aromatic heterocycles. The molecule has 6 atom stereocenters. The van der Waals surface area contributed by atoms with Crippen LogP contribution in [-0.4, -0.2) is 47.0 Å². The van der Waals surface area contributed by atoms with Crippen LogP contribution in [0.1, 0.15) is 52.4 Å². The van der Waals surface area contributed by atoms with Crippen molar-refractivity contribution in [2.45, 2.75) is 81.9 Å². The predicted molar refractivity (Wildman–Crippen MR) is 86.8 cm³/mol. The molecule has 25 heavy (non-hydrogen) atoms. The summed E-state index contributed by atoms with van der Waals surface area (Å²) in [5.41, 5.74) is -0.673. The Hall–Kier alpha value is -1.53. The summed E-state index contributed by atoms with van der Waals surface area (Å²) in [4.78, 5) is 37.1. The Bertz CT molecular complexity index is 669. The van der Waals surface area contributed by atoms with Gasteiger partial charge in [0.2, 0.25) is 0 Å². The molecular formula is C19H24O6. The third-order valence-corrected chi connectivity index (χ3v) is 6.10. The molecule has 4 rings (SSSR count). The Balaban J connectivity index is 1.62. The monoisotopic (exact) mass is 348 g/mol. The molecule has 0 radical (unpaired) electrons. The summed E-state index contributed by atoms with van der Waals surface area (Å²) < 4.78 is 17.3. The van der Waals surface area contributed by atoms with E-state index in [4.69, 9.17) is 14.2 Å². The number of esters is 1. The number of fused-ring (bicyclic) bond motifs is 2. The number of epoxide rings is 1. The van der Waals surface area contributed by atoms with Gasteiger partial charge in [0, 0.05) is 25.7 Å². The molecule has 136 valence electrons. The van der Waals surface area contributed by atoms with Gasteiger partial charge in [0.15, 0.2) is 11.4 Å². The normalized spacial score (nSPS) is 46.6. The number of carbonyl (C=O) groups excluding carboxylic acids is 3. The van der Waals surface area contributed by atoms with Gasteiger partial charge in [-0.05, 0) is 32.6 Å². The fourth-order valence-electron chi connectivity index (χ4n) is 4.59. The molecule has 4 saturated heterocycles. The molecular weight excluding hydrogens is 324 g/mol. The van der Waals surface area contributed by atoms with Gasteiger partial charge in [-0.25, -0.2) is 4.79 Å². The maximum absolute atomic E-state index is 12.5. The zero-order chi connectivity index (χ0) is 18.0. The second-order valence-electron chi connectivity index (χ2n) is 8.30. The van der Waals surface area contributed by atoms with Gasteiger partial charge >= 0.3 is 5.97 Å². The summed E-state index contributed by atoms with van der Waals surface area (Å²) >= 11 is 0. The number of hydrogen-bond donors (Lipinski definition) is 0. The van der Waals surface area contributed by atoms with Crippen LogP contribution in [0.4, 0.5) is 0 Å². The zero-order valence-electron chi connectivity index (χ0n) is 14.7. The van der Waals surface area contributed by atoms with Crippen LogP contribution in [0.25, 0.3) is 0 Å². The second kappa shape index (κ2) is 5.48. The standard InChI is InChI=1S/C19H24O6/c1-10(2)11-4-5-19-16(25-19)15(23-17(19)22)9-18(3)8-13(21)14(24-18)7-12(20)6-11/h11,14-16H,1,4-9H2,2-3H3/t11-,14-,15?,16?,18?,19?/m0/s1. The highest BCUT2D eigenvalue weighted by atomic mass is 16.7. The van der Waals surface area contributed by atoms with Crippen molar-refractivity contribution < 1.29 is 28.6 Å². The molecule has 4 aliphatic rings. The number of ether oxygens (including phenoxy) is 3. The van der Waals surface area contributed by atoms with Crippen molar-refractivity contribution in [1.29, 1.82) is 0 Å². The lowest BCUT2D eigenvalue weighted by atomic mass is 9.84. The summed E-state index contributed by atoms with van der Waals surface area (Å²) in [5, 5.41) is 0. The lowest BCUT2D eigenvalue weighted by Gasteiger charge is -2.27. The third-order valence-electron chi connectivity index (χ3n) is 6.10. The van der Waals surface area contributed by atoms with E-state index in [1.54, 1.807) is 0 Å². The summed E-state index contributed by atoms with van der Waals surface area (Å²) in [6.07, 6.45) is 0.945. The van der Waals surface area contributed by atoms with E-state index in [9.17, 15) is 14.4 Å². The predicted octanol–water partition coefficient (Wildman–Crippen LogP) is 1.89. The Morgan fingerprint density at radius 3 is 2.64 bits per heavy atom. The van der Waals surface area contributed by atoms with Gasteiger partial charge in [0.25, 0.3) is 0 Å². The van der Waals surface area contributed by atoms with Crippen molar-refractivity contribution in [1.82, 2.24) is 0 Å². The summed E-state index contributed by atoms with van der Waals surface area (Å²) in [7, 11) is 0. The van der Waals surface area contributed by atoms with Crippen LogP contribution in [0.2, 0.25) is 0 Å². The average Bonchev–Trinajstić information content (AvgIpc) is 3.10. The molecule has 6 heteroatoms. The van der Waals surface area contributed by atoms with E-state index in [2.05, 4.69) is 6.58 Å². The molecule has 4 bridgehead atoms. The SMILES string of the molecule is C=C(C)[C@H]1CCC23OC2C(CC2(C)CC(=O)[C@H](CC(=O)C1)O2)OC3=O. The smallest absolute Gasteiger partial charge is 0.341 e. The van der Waals surface area contributed by atoms with Crippen LogP contribution in [-0.2, 0) is 28.6 Å². The third kappa shape index (κ3) is 2.75. The van der Waals surface area contributed by atoms with Gasteiger partial charge in [-0.1, -0.05) is 12.2 Å². The first-order chi connectivity index (χ1) is 11.7. The van der Waals surface area contributed by atoms with E-state index in [1.165, 1.54) is 0 Å². The highest BCUT2D eigenvalue weighted by Crippen LogP contribution is 2.53. The van der Waals surface area contributed by atoms with Gasteiger partial charge in [-0.15, -0.1) is 0 Å². The van der Waals surface area contributed by atoms with Crippen LogP contribution in [0, 0.1) is 5.92 Å². The minimum absolute atomic E-state index is 0.00773. The number of rotatable bonds is 1. The highest BCUT2D eigenvalue weighted by molar-refractivity contribution is 5.92.